The molecule has 2 rings (SSSR count). The molecule has 1 saturated heterocycles. The standard InChI is InChI=1S/C12H20N2O3S/c1-18(15,16)13-9-11-4-6-14(7-5-11)10-12-3-2-8-17-12/h2-3,8,11,13H,4-7,9-10H2,1H3. The minimum Gasteiger partial charge on any atom is -0.468 e. The third kappa shape index (κ3) is 4.44. The maximum atomic E-state index is 11.0. The predicted molar refractivity (Wildman–Crippen MR) is 69.6 cm³/mol. The number of nitrogens with one attached hydrogen (secondary N) is 1. The highest BCUT2D eigenvalue weighted by Crippen LogP contribution is 2.18. The van der Waals surface area contributed by atoms with Crippen LogP contribution in [0.4, 0.5) is 0 Å². The summed E-state index contributed by atoms with van der Waals surface area (Å²) < 4.78 is 29.9. The monoisotopic (exact) mass is 272 g/mol. The van der Waals surface area contributed by atoms with Crippen LogP contribution < -0.4 is 4.72 Å². The van der Waals surface area contributed by atoms with Gasteiger partial charge in [0.25, 0.3) is 0 Å². The largest absolute Gasteiger partial charge is 0.468 e. The van der Waals surface area contributed by atoms with Gasteiger partial charge in [-0.05, 0) is 44.0 Å². The fourth-order valence-corrected chi connectivity index (χ4v) is 2.78. The van der Waals surface area contributed by atoms with E-state index in [9.17, 15) is 8.42 Å². The Balaban J connectivity index is 1.71. The van der Waals surface area contributed by atoms with Crippen LogP contribution in [-0.4, -0.2) is 39.2 Å². The molecule has 0 bridgehead atoms. The summed E-state index contributed by atoms with van der Waals surface area (Å²) in [5.41, 5.74) is 0. The van der Waals surface area contributed by atoms with E-state index < -0.39 is 10.0 Å². The second-order valence-corrected chi connectivity index (χ2v) is 6.75. The summed E-state index contributed by atoms with van der Waals surface area (Å²) in [4.78, 5) is 2.34. The van der Waals surface area contributed by atoms with E-state index in [4.69, 9.17) is 4.42 Å². The quantitative estimate of drug-likeness (QED) is 0.870. The molecule has 0 spiro atoms. The van der Waals surface area contributed by atoms with Crippen molar-refractivity contribution in [1.82, 2.24) is 9.62 Å². The van der Waals surface area contributed by atoms with Crippen LogP contribution in [0.2, 0.25) is 0 Å². The number of sulfonamides is 1. The van der Waals surface area contributed by atoms with Gasteiger partial charge in [-0.3, -0.25) is 4.90 Å². The Labute approximate surface area is 108 Å². The Morgan fingerprint density at radius 1 is 1.44 bits per heavy atom. The second kappa shape index (κ2) is 5.86. The van der Waals surface area contributed by atoms with Gasteiger partial charge in [0, 0.05) is 6.54 Å². The van der Waals surface area contributed by atoms with Crippen molar-refractivity contribution in [3.63, 3.8) is 0 Å². The molecule has 0 unspecified atom stereocenters. The number of nitrogens with zero attached hydrogens (tertiary/aromatic N) is 1. The Hall–Kier alpha value is -0.850. The zero-order valence-corrected chi connectivity index (χ0v) is 11.4. The summed E-state index contributed by atoms with van der Waals surface area (Å²) in [6.07, 6.45) is 4.96. The van der Waals surface area contributed by atoms with E-state index in [-0.39, 0.29) is 0 Å². The fraction of sp³-hybridized carbons (Fsp3) is 0.667. The summed E-state index contributed by atoms with van der Waals surface area (Å²) in [5.74, 6) is 1.44. The normalized spacial score (nSPS) is 19.2. The summed E-state index contributed by atoms with van der Waals surface area (Å²) in [5, 5.41) is 0. The zero-order chi connectivity index (χ0) is 13.0. The van der Waals surface area contributed by atoms with Crippen LogP contribution in [-0.2, 0) is 16.6 Å². The average molecular weight is 272 g/mol. The number of hydrogen-bond acceptors (Lipinski definition) is 4. The summed E-state index contributed by atoms with van der Waals surface area (Å²) >= 11 is 0. The maximum absolute atomic E-state index is 11.0. The van der Waals surface area contributed by atoms with Crippen molar-refractivity contribution < 1.29 is 12.8 Å². The molecule has 0 saturated carbocycles. The molecule has 0 radical (unpaired) electrons. The van der Waals surface area contributed by atoms with Gasteiger partial charge in [0.2, 0.25) is 10.0 Å². The predicted octanol–water partition coefficient (Wildman–Crippen LogP) is 1.04. The van der Waals surface area contributed by atoms with Crippen LogP contribution in [0.3, 0.4) is 0 Å². The zero-order valence-electron chi connectivity index (χ0n) is 10.6. The van der Waals surface area contributed by atoms with Crippen molar-refractivity contribution >= 4 is 10.0 Å². The molecule has 1 aromatic rings. The topological polar surface area (TPSA) is 62.6 Å². The average Bonchev–Trinajstić information content (AvgIpc) is 2.80. The van der Waals surface area contributed by atoms with Crippen molar-refractivity contribution in [2.45, 2.75) is 19.4 Å². The lowest BCUT2D eigenvalue weighted by Crippen LogP contribution is -2.38. The fourth-order valence-electron chi connectivity index (χ4n) is 2.24. The van der Waals surface area contributed by atoms with Gasteiger partial charge in [0.05, 0.1) is 19.1 Å². The van der Waals surface area contributed by atoms with Crippen molar-refractivity contribution in [3.8, 4) is 0 Å². The Bertz CT molecular complexity index is 448. The highest BCUT2D eigenvalue weighted by atomic mass is 32.2. The first-order valence-corrected chi connectivity index (χ1v) is 8.11. The van der Waals surface area contributed by atoms with Crippen LogP contribution in [0.15, 0.2) is 22.8 Å². The van der Waals surface area contributed by atoms with E-state index in [1.54, 1.807) is 6.26 Å². The summed E-state index contributed by atoms with van der Waals surface area (Å²) in [6.45, 7) is 3.40. The van der Waals surface area contributed by atoms with Gasteiger partial charge >= 0.3 is 0 Å². The van der Waals surface area contributed by atoms with Crippen molar-refractivity contribution in [2.24, 2.45) is 5.92 Å². The first-order chi connectivity index (χ1) is 8.53. The highest BCUT2D eigenvalue weighted by Gasteiger charge is 2.20. The Morgan fingerprint density at radius 2 is 2.17 bits per heavy atom. The number of piperidine rings is 1. The molecule has 1 N–H and O–H groups in total. The molecule has 2 heterocycles. The molecule has 0 atom stereocenters. The lowest BCUT2D eigenvalue weighted by molar-refractivity contribution is 0.168. The third-order valence-corrected chi connectivity index (χ3v) is 3.99. The van der Waals surface area contributed by atoms with E-state index in [1.807, 2.05) is 12.1 Å². The smallest absolute Gasteiger partial charge is 0.208 e. The van der Waals surface area contributed by atoms with Crippen LogP contribution in [0.5, 0.6) is 0 Å². The molecular weight excluding hydrogens is 252 g/mol. The second-order valence-electron chi connectivity index (χ2n) is 4.92. The molecule has 5 nitrogen and oxygen atoms in total. The van der Waals surface area contributed by atoms with Crippen LogP contribution in [0.25, 0.3) is 0 Å². The SMILES string of the molecule is CS(=O)(=O)NCC1CCN(Cc2ccco2)CC1. The first kappa shape index (κ1) is 13.6. The van der Waals surface area contributed by atoms with Gasteiger partial charge in [-0.15, -0.1) is 0 Å². The lowest BCUT2D eigenvalue weighted by Gasteiger charge is -2.31. The Kier molecular flexibility index (Phi) is 4.42. The van der Waals surface area contributed by atoms with E-state index in [2.05, 4.69) is 9.62 Å². The number of furan rings is 1. The van der Waals surface area contributed by atoms with Gasteiger partial charge in [-0.2, -0.15) is 0 Å². The lowest BCUT2D eigenvalue weighted by atomic mass is 9.97. The van der Waals surface area contributed by atoms with Crippen molar-refractivity contribution in [1.29, 1.82) is 0 Å². The maximum Gasteiger partial charge on any atom is 0.208 e. The molecule has 0 aromatic carbocycles. The van der Waals surface area contributed by atoms with E-state index >= 15 is 0 Å². The molecule has 0 amide bonds. The number of rotatable bonds is 5. The summed E-state index contributed by atoms with van der Waals surface area (Å²) in [6, 6.07) is 3.88. The van der Waals surface area contributed by atoms with Gasteiger partial charge in [-0.1, -0.05) is 0 Å². The van der Waals surface area contributed by atoms with E-state index in [1.165, 1.54) is 6.26 Å². The van der Waals surface area contributed by atoms with E-state index in [0.717, 1.165) is 38.2 Å². The molecular formula is C12H20N2O3S. The van der Waals surface area contributed by atoms with Crippen LogP contribution in [0, 0.1) is 5.92 Å². The molecule has 1 fully saturated rings. The van der Waals surface area contributed by atoms with Crippen LogP contribution in [0.1, 0.15) is 18.6 Å². The number of hydrogen-bond donors (Lipinski definition) is 1. The minimum absolute atomic E-state index is 0.451. The first-order valence-electron chi connectivity index (χ1n) is 6.22. The molecule has 18 heavy (non-hydrogen) atoms. The van der Waals surface area contributed by atoms with Gasteiger partial charge < -0.3 is 4.42 Å². The molecule has 1 aliphatic rings. The number of likely N-dealkylation sites (tertiary alicyclic amines) is 1. The van der Waals surface area contributed by atoms with Crippen molar-refractivity contribution in [3.05, 3.63) is 24.2 Å². The van der Waals surface area contributed by atoms with Crippen LogP contribution >= 0.6 is 0 Å². The highest BCUT2D eigenvalue weighted by molar-refractivity contribution is 7.88. The van der Waals surface area contributed by atoms with Crippen molar-refractivity contribution in [2.75, 3.05) is 25.9 Å². The molecule has 1 aliphatic heterocycles. The van der Waals surface area contributed by atoms with Gasteiger partial charge in [0.15, 0.2) is 0 Å². The third-order valence-electron chi connectivity index (χ3n) is 3.30. The summed E-state index contributed by atoms with van der Waals surface area (Å²) in [7, 11) is -3.06. The molecule has 1 aromatic heterocycles. The Morgan fingerprint density at radius 3 is 2.72 bits per heavy atom. The minimum atomic E-state index is -3.06. The van der Waals surface area contributed by atoms with Gasteiger partial charge in [-0.25, -0.2) is 13.1 Å². The molecule has 6 heteroatoms. The molecule has 102 valence electrons. The molecule has 0 aliphatic carbocycles. The van der Waals surface area contributed by atoms with E-state index in [0.29, 0.717) is 12.5 Å². The van der Waals surface area contributed by atoms with Gasteiger partial charge in [0.1, 0.15) is 5.76 Å².